The van der Waals surface area contributed by atoms with Gasteiger partial charge in [-0.25, -0.2) is 0 Å². The van der Waals surface area contributed by atoms with Crippen LogP contribution < -0.4 is 5.32 Å². The van der Waals surface area contributed by atoms with Gasteiger partial charge < -0.3 is 5.32 Å². The molecular weight excluding hydrogens is 292 g/mol. The molecule has 0 unspecified atom stereocenters. The molecule has 3 nitrogen and oxygen atoms in total. The van der Waals surface area contributed by atoms with Gasteiger partial charge in [-0.3, -0.25) is 4.79 Å². The molecule has 0 spiro atoms. The Hall–Kier alpha value is -2.51. The lowest BCUT2D eigenvalue weighted by atomic mass is 10.1. The van der Waals surface area contributed by atoms with Crippen molar-refractivity contribution in [3.05, 3.63) is 65.2 Å². The summed E-state index contributed by atoms with van der Waals surface area (Å²) in [5.41, 5.74) is 2.70. The molecule has 4 heteroatoms. The van der Waals surface area contributed by atoms with Crippen molar-refractivity contribution in [1.29, 1.82) is 5.26 Å². The predicted molar refractivity (Wildman–Crippen MR) is 91.6 cm³/mol. The van der Waals surface area contributed by atoms with E-state index >= 15 is 0 Å². The molecule has 22 heavy (non-hydrogen) atoms. The second-order valence-electron chi connectivity index (χ2n) is 4.76. The highest BCUT2D eigenvalue weighted by Gasteiger charge is 2.09. The summed E-state index contributed by atoms with van der Waals surface area (Å²) in [6.07, 6.45) is 3.59. The number of amides is 1. The first-order valence-electron chi connectivity index (χ1n) is 6.76. The highest BCUT2D eigenvalue weighted by atomic mass is 32.2. The van der Waals surface area contributed by atoms with Crippen LogP contribution in [0.4, 0.5) is 5.69 Å². The second kappa shape index (κ2) is 7.48. The second-order valence-corrected chi connectivity index (χ2v) is 5.64. The summed E-state index contributed by atoms with van der Waals surface area (Å²) >= 11 is 1.65. The number of hydrogen-bond acceptors (Lipinski definition) is 3. The highest BCUT2D eigenvalue weighted by Crippen LogP contribution is 2.17. The Balaban J connectivity index is 2.15. The molecule has 1 amide bonds. The number of nitrogens with zero attached hydrogens (tertiary/aromatic N) is 1. The minimum absolute atomic E-state index is 0.0810. The van der Waals surface area contributed by atoms with Crippen LogP contribution in [0.5, 0.6) is 0 Å². The Bertz CT molecular complexity index is 725. The number of nitriles is 1. The summed E-state index contributed by atoms with van der Waals surface area (Å²) in [5, 5.41) is 11.9. The topological polar surface area (TPSA) is 52.9 Å². The van der Waals surface area contributed by atoms with E-state index in [0.717, 1.165) is 16.0 Å². The van der Waals surface area contributed by atoms with Gasteiger partial charge in [0.2, 0.25) is 0 Å². The van der Waals surface area contributed by atoms with E-state index in [1.165, 1.54) is 0 Å². The van der Waals surface area contributed by atoms with Crippen LogP contribution in [0.15, 0.2) is 59.0 Å². The van der Waals surface area contributed by atoms with Gasteiger partial charge >= 0.3 is 0 Å². The van der Waals surface area contributed by atoms with Crippen molar-refractivity contribution in [1.82, 2.24) is 0 Å². The maximum Gasteiger partial charge on any atom is 0.266 e. The average Bonchev–Trinajstić information content (AvgIpc) is 2.55. The third-order valence-corrected chi connectivity index (χ3v) is 3.84. The van der Waals surface area contributed by atoms with Gasteiger partial charge in [-0.1, -0.05) is 29.8 Å². The van der Waals surface area contributed by atoms with Crippen LogP contribution in [0.25, 0.3) is 6.08 Å². The van der Waals surface area contributed by atoms with Crippen LogP contribution in [0.1, 0.15) is 11.1 Å². The van der Waals surface area contributed by atoms with Crippen molar-refractivity contribution in [2.45, 2.75) is 11.8 Å². The van der Waals surface area contributed by atoms with Gasteiger partial charge in [0, 0.05) is 10.6 Å². The molecule has 0 atom stereocenters. The van der Waals surface area contributed by atoms with Crippen molar-refractivity contribution < 1.29 is 4.79 Å². The molecule has 0 fully saturated rings. The highest BCUT2D eigenvalue weighted by molar-refractivity contribution is 7.98. The van der Waals surface area contributed by atoms with Crippen molar-refractivity contribution in [3.8, 4) is 6.07 Å². The third kappa shape index (κ3) is 4.24. The van der Waals surface area contributed by atoms with Crippen LogP contribution >= 0.6 is 11.8 Å². The van der Waals surface area contributed by atoms with Crippen LogP contribution in [-0.2, 0) is 4.79 Å². The summed E-state index contributed by atoms with van der Waals surface area (Å²) in [6, 6.07) is 17.1. The Morgan fingerprint density at radius 2 is 1.77 bits per heavy atom. The number of thioether (sulfide) groups is 1. The summed E-state index contributed by atoms with van der Waals surface area (Å²) in [5.74, 6) is -0.403. The number of aryl methyl sites for hydroxylation is 1. The lowest BCUT2D eigenvalue weighted by Crippen LogP contribution is -2.13. The van der Waals surface area contributed by atoms with Crippen molar-refractivity contribution in [2.75, 3.05) is 11.6 Å². The fourth-order valence-corrected chi connectivity index (χ4v) is 2.26. The summed E-state index contributed by atoms with van der Waals surface area (Å²) in [4.78, 5) is 13.3. The number of nitrogens with one attached hydrogen (secondary N) is 1. The smallest absolute Gasteiger partial charge is 0.266 e. The molecule has 0 bridgehead atoms. The molecule has 2 rings (SSSR count). The van der Waals surface area contributed by atoms with Gasteiger partial charge in [-0.05, 0) is 49.1 Å². The zero-order valence-electron chi connectivity index (χ0n) is 12.5. The molecule has 2 aromatic carbocycles. The monoisotopic (exact) mass is 308 g/mol. The van der Waals surface area contributed by atoms with Crippen molar-refractivity contribution in [3.63, 3.8) is 0 Å². The quantitative estimate of drug-likeness (QED) is 0.521. The first kappa shape index (κ1) is 15.9. The van der Waals surface area contributed by atoms with Crippen molar-refractivity contribution in [2.24, 2.45) is 0 Å². The predicted octanol–water partition coefficient (Wildman–Crippen LogP) is 4.26. The van der Waals surface area contributed by atoms with E-state index < -0.39 is 5.91 Å². The average molecular weight is 308 g/mol. The molecule has 0 saturated carbocycles. The molecule has 0 aliphatic rings. The molecule has 110 valence electrons. The van der Waals surface area contributed by atoms with E-state index in [0.29, 0.717) is 5.69 Å². The van der Waals surface area contributed by atoms with Gasteiger partial charge in [0.05, 0.1) is 0 Å². The Morgan fingerprint density at radius 3 is 2.32 bits per heavy atom. The zero-order chi connectivity index (χ0) is 15.9. The largest absolute Gasteiger partial charge is 0.321 e. The first-order chi connectivity index (χ1) is 10.6. The van der Waals surface area contributed by atoms with Crippen molar-refractivity contribution >= 4 is 29.4 Å². The maximum absolute atomic E-state index is 12.2. The Kier molecular flexibility index (Phi) is 5.40. The summed E-state index contributed by atoms with van der Waals surface area (Å²) in [7, 11) is 0. The minimum atomic E-state index is -0.403. The summed E-state index contributed by atoms with van der Waals surface area (Å²) < 4.78 is 0. The van der Waals surface area contributed by atoms with E-state index in [1.807, 2.05) is 67.8 Å². The Morgan fingerprint density at radius 1 is 1.14 bits per heavy atom. The van der Waals surface area contributed by atoms with Gasteiger partial charge in [-0.2, -0.15) is 5.26 Å². The van der Waals surface area contributed by atoms with Gasteiger partial charge in [0.15, 0.2) is 0 Å². The number of hydrogen-bond donors (Lipinski definition) is 1. The van der Waals surface area contributed by atoms with E-state index in [2.05, 4.69) is 5.32 Å². The Labute approximate surface area is 134 Å². The standard InChI is InChI=1S/C18H16N2OS/c1-13-3-7-16(8-4-13)20-18(21)15(12-19)11-14-5-9-17(22-2)10-6-14/h3-11H,1-2H3,(H,20,21)/b15-11+. The number of rotatable bonds is 4. The number of carbonyl (C=O) groups is 1. The molecule has 0 heterocycles. The lowest BCUT2D eigenvalue weighted by Gasteiger charge is -2.05. The van der Waals surface area contributed by atoms with E-state index in [9.17, 15) is 10.1 Å². The normalized spacial score (nSPS) is 10.9. The molecule has 1 N–H and O–H groups in total. The molecule has 0 aliphatic carbocycles. The number of anilines is 1. The van der Waals surface area contributed by atoms with Crippen LogP contribution in [0.2, 0.25) is 0 Å². The van der Waals surface area contributed by atoms with Crippen LogP contribution in [0.3, 0.4) is 0 Å². The molecule has 2 aromatic rings. The summed E-state index contributed by atoms with van der Waals surface area (Å²) in [6.45, 7) is 1.98. The minimum Gasteiger partial charge on any atom is -0.321 e. The van der Waals surface area contributed by atoms with E-state index in [4.69, 9.17) is 0 Å². The molecule has 0 aliphatic heterocycles. The van der Waals surface area contributed by atoms with Gasteiger partial charge in [0.1, 0.15) is 11.6 Å². The first-order valence-corrected chi connectivity index (χ1v) is 7.98. The molecular formula is C18H16N2OS. The fourth-order valence-electron chi connectivity index (χ4n) is 1.85. The SMILES string of the molecule is CSc1ccc(/C=C(\C#N)C(=O)Nc2ccc(C)cc2)cc1. The fraction of sp³-hybridized carbons (Fsp3) is 0.111. The molecule has 0 aromatic heterocycles. The number of benzene rings is 2. The van der Waals surface area contributed by atoms with Gasteiger partial charge in [0.25, 0.3) is 5.91 Å². The van der Waals surface area contributed by atoms with Gasteiger partial charge in [-0.15, -0.1) is 11.8 Å². The van der Waals surface area contributed by atoms with E-state index in [1.54, 1.807) is 17.8 Å². The maximum atomic E-state index is 12.2. The third-order valence-electron chi connectivity index (χ3n) is 3.10. The lowest BCUT2D eigenvalue weighted by molar-refractivity contribution is -0.112. The molecule has 0 saturated heterocycles. The number of carbonyl (C=O) groups excluding carboxylic acids is 1. The molecule has 0 radical (unpaired) electrons. The zero-order valence-corrected chi connectivity index (χ0v) is 13.3. The van der Waals surface area contributed by atoms with E-state index in [-0.39, 0.29) is 5.57 Å². The van der Waals surface area contributed by atoms with Crippen LogP contribution in [-0.4, -0.2) is 12.2 Å². The van der Waals surface area contributed by atoms with Crippen LogP contribution in [0, 0.1) is 18.3 Å².